The van der Waals surface area contributed by atoms with Crippen LogP contribution in [0.25, 0.3) is 0 Å². The van der Waals surface area contributed by atoms with Gasteiger partial charge in [-0.15, -0.1) is 11.6 Å². The SMILES string of the molecule is COc1ccc(Cl)cc1C(Cl)c1cccc(Br)c1C. The second-order valence-electron chi connectivity index (χ2n) is 4.20. The third-order valence-corrected chi connectivity index (χ3v) is 4.61. The highest BCUT2D eigenvalue weighted by molar-refractivity contribution is 9.10. The zero-order valence-corrected chi connectivity index (χ0v) is 13.7. The molecule has 0 fully saturated rings. The lowest BCUT2D eigenvalue weighted by atomic mass is 9.99. The number of rotatable bonds is 3. The highest BCUT2D eigenvalue weighted by Gasteiger charge is 2.18. The molecule has 2 aromatic carbocycles. The van der Waals surface area contributed by atoms with E-state index in [1.165, 1.54) is 0 Å². The summed E-state index contributed by atoms with van der Waals surface area (Å²) >= 11 is 16.2. The summed E-state index contributed by atoms with van der Waals surface area (Å²) in [5.41, 5.74) is 3.03. The van der Waals surface area contributed by atoms with Crippen LogP contribution in [0.3, 0.4) is 0 Å². The van der Waals surface area contributed by atoms with Crippen LogP contribution in [0.1, 0.15) is 22.1 Å². The van der Waals surface area contributed by atoms with Gasteiger partial charge in [0.2, 0.25) is 0 Å². The van der Waals surface area contributed by atoms with Crippen molar-refractivity contribution in [2.24, 2.45) is 0 Å². The Morgan fingerprint density at radius 3 is 2.58 bits per heavy atom. The van der Waals surface area contributed by atoms with E-state index in [2.05, 4.69) is 15.9 Å². The third-order valence-electron chi connectivity index (χ3n) is 3.05. The molecule has 0 aliphatic rings. The minimum atomic E-state index is -0.300. The third kappa shape index (κ3) is 3.07. The van der Waals surface area contributed by atoms with Gasteiger partial charge in [0.05, 0.1) is 12.5 Å². The van der Waals surface area contributed by atoms with E-state index in [0.717, 1.165) is 26.9 Å². The molecule has 0 aromatic heterocycles. The Labute approximate surface area is 131 Å². The predicted octanol–water partition coefficient (Wildman–Crippen LogP) is 5.75. The summed E-state index contributed by atoms with van der Waals surface area (Å²) in [4.78, 5) is 0. The van der Waals surface area contributed by atoms with Crippen molar-refractivity contribution in [3.05, 3.63) is 62.6 Å². The average Bonchev–Trinajstić information content (AvgIpc) is 2.41. The Bertz CT molecular complexity index is 599. The molecular formula is C15H13BrCl2O. The van der Waals surface area contributed by atoms with Gasteiger partial charge >= 0.3 is 0 Å². The number of hydrogen-bond acceptors (Lipinski definition) is 1. The van der Waals surface area contributed by atoms with Crippen LogP contribution in [0.4, 0.5) is 0 Å². The molecule has 4 heteroatoms. The molecule has 0 aliphatic carbocycles. The summed E-state index contributed by atoms with van der Waals surface area (Å²) in [5.74, 6) is 0.740. The maximum atomic E-state index is 6.61. The van der Waals surface area contributed by atoms with Crippen LogP contribution in [0, 0.1) is 6.92 Å². The van der Waals surface area contributed by atoms with Crippen molar-refractivity contribution in [3.8, 4) is 5.75 Å². The standard InChI is InChI=1S/C15H13BrCl2O/c1-9-11(4-3-5-13(9)16)15(18)12-8-10(17)6-7-14(12)19-2/h3-8,15H,1-2H3. The summed E-state index contributed by atoms with van der Waals surface area (Å²) in [7, 11) is 1.63. The lowest BCUT2D eigenvalue weighted by Crippen LogP contribution is -2.00. The molecule has 0 heterocycles. The molecule has 2 aromatic rings. The van der Waals surface area contributed by atoms with Gasteiger partial charge in [0.1, 0.15) is 5.75 Å². The Hall–Kier alpha value is -0.700. The summed E-state index contributed by atoms with van der Waals surface area (Å²) < 4.78 is 6.40. The zero-order chi connectivity index (χ0) is 14.0. The quantitative estimate of drug-likeness (QED) is 0.634. The first-order valence-electron chi connectivity index (χ1n) is 5.77. The van der Waals surface area contributed by atoms with Gasteiger partial charge in [0, 0.05) is 15.1 Å². The van der Waals surface area contributed by atoms with Crippen molar-refractivity contribution >= 4 is 39.1 Å². The molecule has 0 N–H and O–H groups in total. The summed E-state index contributed by atoms with van der Waals surface area (Å²) in [6, 6.07) is 11.5. The maximum absolute atomic E-state index is 6.61. The van der Waals surface area contributed by atoms with Gasteiger partial charge in [-0.05, 0) is 42.3 Å². The number of alkyl halides is 1. The van der Waals surface area contributed by atoms with E-state index < -0.39 is 0 Å². The van der Waals surface area contributed by atoms with Crippen molar-refractivity contribution in [2.75, 3.05) is 7.11 Å². The van der Waals surface area contributed by atoms with Crippen LogP contribution in [0.15, 0.2) is 40.9 Å². The van der Waals surface area contributed by atoms with Gasteiger partial charge in [0.15, 0.2) is 0 Å². The largest absolute Gasteiger partial charge is 0.496 e. The van der Waals surface area contributed by atoms with E-state index in [1.54, 1.807) is 13.2 Å². The van der Waals surface area contributed by atoms with E-state index in [1.807, 2.05) is 37.3 Å². The lowest BCUT2D eigenvalue weighted by molar-refractivity contribution is 0.410. The van der Waals surface area contributed by atoms with Crippen LogP contribution in [-0.4, -0.2) is 7.11 Å². The second kappa shape index (κ2) is 6.17. The molecule has 0 aliphatic heterocycles. The molecule has 0 bridgehead atoms. The minimum absolute atomic E-state index is 0.300. The fourth-order valence-corrected chi connectivity index (χ4v) is 2.94. The Kier molecular flexibility index (Phi) is 4.77. The van der Waals surface area contributed by atoms with Gasteiger partial charge in [-0.2, -0.15) is 0 Å². The van der Waals surface area contributed by atoms with E-state index in [-0.39, 0.29) is 5.38 Å². The molecule has 1 nitrogen and oxygen atoms in total. The van der Waals surface area contributed by atoms with E-state index in [0.29, 0.717) is 5.02 Å². The summed E-state index contributed by atoms with van der Waals surface area (Å²) in [5, 5.41) is 0.347. The Morgan fingerprint density at radius 1 is 1.16 bits per heavy atom. The van der Waals surface area contributed by atoms with Crippen LogP contribution in [-0.2, 0) is 0 Å². The van der Waals surface area contributed by atoms with Gasteiger partial charge in [0.25, 0.3) is 0 Å². The molecule has 100 valence electrons. The topological polar surface area (TPSA) is 9.23 Å². The van der Waals surface area contributed by atoms with E-state index in [9.17, 15) is 0 Å². The molecular weight excluding hydrogens is 347 g/mol. The van der Waals surface area contributed by atoms with Crippen molar-refractivity contribution in [2.45, 2.75) is 12.3 Å². The van der Waals surface area contributed by atoms with E-state index in [4.69, 9.17) is 27.9 Å². The summed E-state index contributed by atoms with van der Waals surface area (Å²) in [6.07, 6.45) is 0. The Balaban J connectivity index is 2.52. The van der Waals surface area contributed by atoms with Crippen molar-refractivity contribution in [1.29, 1.82) is 0 Å². The molecule has 0 saturated carbocycles. The second-order valence-corrected chi connectivity index (χ2v) is 5.93. The number of hydrogen-bond donors (Lipinski definition) is 0. The van der Waals surface area contributed by atoms with Gasteiger partial charge in [-0.1, -0.05) is 39.7 Å². The van der Waals surface area contributed by atoms with Gasteiger partial charge < -0.3 is 4.74 Å². The van der Waals surface area contributed by atoms with Crippen LogP contribution in [0.5, 0.6) is 5.75 Å². The van der Waals surface area contributed by atoms with Crippen LogP contribution < -0.4 is 4.74 Å². The van der Waals surface area contributed by atoms with Crippen molar-refractivity contribution in [3.63, 3.8) is 0 Å². The van der Waals surface area contributed by atoms with Gasteiger partial charge in [-0.25, -0.2) is 0 Å². The molecule has 0 spiro atoms. The zero-order valence-electron chi connectivity index (χ0n) is 10.6. The molecule has 1 unspecified atom stereocenters. The van der Waals surface area contributed by atoms with E-state index >= 15 is 0 Å². The molecule has 0 saturated heterocycles. The highest BCUT2D eigenvalue weighted by atomic mass is 79.9. The first kappa shape index (κ1) is 14.7. The summed E-state index contributed by atoms with van der Waals surface area (Å²) in [6.45, 7) is 2.03. The number of methoxy groups -OCH3 is 1. The smallest absolute Gasteiger partial charge is 0.123 e. The maximum Gasteiger partial charge on any atom is 0.123 e. The highest BCUT2D eigenvalue weighted by Crippen LogP contribution is 2.39. The van der Waals surface area contributed by atoms with Crippen LogP contribution in [0.2, 0.25) is 5.02 Å². The van der Waals surface area contributed by atoms with Crippen LogP contribution >= 0.6 is 39.1 Å². The molecule has 2 rings (SSSR count). The normalized spacial score (nSPS) is 12.3. The molecule has 0 amide bonds. The first-order chi connectivity index (χ1) is 9.04. The molecule has 0 radical (unpaired) electrons. The predicted molar refractivity (Wildman–Crippen MR) is 84.6 cm³/mol. The monoisotopic (exact) mass is 358 g/mol. The average molecular weight is 360 g/mol. The Morgan fingerprint density at radius 2 is 1.89 bits per heavy atom. The molecule has 19 heavy (non-hydrogen) atoms. The lowest BCUT2D eigenvalue weighted by Gasteiger charge is -2.17. The molecule has 1 atom stereocenters. The fraction of sp³-hybridized carbons (Fsp3) is 0.200. The van der Waals surface area contributed by atoms with Crippen molar-refractivity contribution < 1.29 is 4.74 Å². The fourth-order valence-electron chi connectivity index (χ4n) is 1.97. The number of benzene rings is 2. The van der Waals surface area contributed by atoms with Gasteiger partial charge in [-0.3, -0.25) is 0 Å². The first-order valence-corrected chi connectivity index (χ1v) is 7.38. The van der Waals surface area contributed by atoms with Crippen molar-refractivity contribution in [1.82, 2.24) is 0 Å². The number of halogens is 3. The number of ether oxygens (including phenoxy) is 1. The minimum Gasteiger partial charge on any atom is -0.496 e.